The van der Waals surface area contributed by atoms with Crippen molar-refractivity contribution >= 4 is 7.12 Å². The summed E-state index contributed by atoms with van der Waals surface area (Å²) in [4.78, 5) is 0. The Morgan fingerprint density at radius 2 is 1.76 bits per heavy atom. The zero-order valence-corrected chi connectivity index (χ0v) is 11.4. The van der Waals surface area contributed by atoms with Crippen LogP contribution in [0.5, 0.6) is 0 Å². The minimum absolute atomic E-state index is 0.273. The third-order valence-electron chi connectivity index (χ3n) is 5.05. The van der Waals surface area contributed by atoms with Crippen LogP contribution in [-0.4, -0.2) is 28.5 Å². The van der Waals surface area contributed by atoms with Gasteiger partial charge in [0.2, 0.25) is 0 Å². The molecule has 0 aliphatic heterocycles. The van der Waals surface area contributed by atoms with Gasteiger partial charge in [-0.05, 0) is 58.2 Å². The van der Waals surface area contributed by atoms with Crippen molar-refractivity contribution in [2.24, 2.45) is 11.8 Å². The first-order valence-electron chi connectivity index (χ1n) is 6.79. The molecular formula is C13H25BO3. The minimum atomic E-state index is -0.953. The molecule has 0 amide bonds. The second-order valence-corrected chi connectivity index (χ2v) is 6.92. The molecule has 0 aromatic heterocycles. The lowest BCUT2D eigenvalue weighted by Crippen LogP contribution is -2.51. The minimum Gasteiger partial charge on any atom is -0.427 e. The van der Waals surface area contributed by atoms with Crippen LogP contribution in [-0.2, 0) is 4.65 Å². The quantitative estimate of drug-likeness (QED) is 0.741. The van der Waals surface area contributed by atoms with Crippen LogP contribution < -0.4 is 0 Å². The van der Waals surface area contributed by atoms with Crippen LogP contribution in [0.1, 0.15) is 53.4 Å². The van der Waals surface area contributed by atoms with E-state index >= 15 is 0 Å². The molecule has 3 unspecified atom stereocenters. The molecule has 0 heterocycles. The number of hydrogen-bond donors (Lipinski definition) is 2. The van der Waals surface area contributed by atoms with Crippen LogP contribution in [0.2, 0.25) is 5.82 Å². The topological polar surface area (TPSA) is 49.7 Å². The second kappa shape index (κ2) is 4.25. The zero-order valence-electron chi connectivity index (χ0n) is 11.4. The van der Waals surface area contributed by atoms with Gasteiger partial charge in [-0.25, -0.2) is 0 Å². The van der Waals surface area contributed by atoms with E-state index in [0.717, 1.165) is 12.3 Å². The molecule has 4 heteroatoms. The first-order valence-corrected chi connectivity index (χ1v) is 6.79. The van der Waals surface area contributed by atoms with Crippen molar-refractivity contribution in [1.29, 1.82) is 0 Å². The summed E-state index contributed by atoms with van der Waals surface area (Å²) in [7, 11) is -0.730. The predicted molar refractivity (Wildman–Crippen MR) is 68.6 cm³/mol. The van der Waals surface area contributed by atoms with Crippen LogP contribution in [0.25, 0.3) is 0 Å². The van der Waals surface area contributed by atoms with Crippen molar-refractivity contribution in [2.45, 2.75) is 70.4 Å². The molecule has 2 aliphatic rings. The highest BCUT2D eigenvalue weighted by Gasteiger charge is 2.49. The fraction of sp³-hybridized carbons (Fsp3) is 1.00. The van der Waals surface area contributed by atoms with Gasteiger partial charge in [-0.1, -0.05) is 12.8 Å². The molecule has 0 saturated heterocycles. The molecule has 3 nitrogen and oxygen atoms in total. The molecule has 2 N–H and O–H groups in total. The molecule has 2 rings (SSSR count). The third-order valence-corrected chi connectivity index (χ3v) is 5.05. The van der Waals surface area contributed by atoms with E-state index in [0.29, 0.717) is 5.92 Å². The summed E-state index contributed by atoms with van der Waals surface area (Å²) in [5.41, 5.74) is -1.68. The Hall–Kier alpha value is -0.0551. The molecule has 2 bridgehead atoms. The Kier molecular flexibility index (Phi) is 3.35. The molecule has 2 fully saturated rings. The summed E-state index contributed by atoms with van der Waals surface area (Å²) in [5, 5.41) is 20.3. The summed E-state index contributed by atoms with van der Waals surface area (Å²) in [6.07, 6.45) is 4.91. The molecule has 0 spiro atoms. The SMILES string of the molecule is CC(C)(O)C(C)(C)OB(O)C1CC2CCC1C2. The molecule has 2 saturated carbocycles. The summed E-state index contributed by atoms with van der Waals surface area (Å²) in [5.74, 6) is 1.71. The van der Waals surface area contributed by atoms with Crippen LogP contribution >= 0.6 is 0 Å². The first kappa shape index (κ1) is 13.4. The molecule has 3 atom stereocenters. The standard InChI is InChI=1S/C13H25BO3/c1-12(2,15)13(3,4)17-14(16)11-8-9-5-6-10(11)7-9/h9-11,15-16H,5-8H2,1-4H3. The number of rotatable bonds is 4. The lowest BCUT2D eigenvalue weighted by Gasteiger charge is -2.40. The van der Waals surface area contributed by atoms with Crippen molar-refractivity contribution in [2.75, 3.05) is 0 Å². The van der Waals surface area contributed by atoms with Crippen molar-refractivity contribution in [1.82, 2.24) is 0 Å². The van der Waals surface area contributed by atoms with Gasteiger partial charge in [0.1, 0.15) is 0 Å². The number of hydrogen-bond acceptors (Lipinski definition) is 3. The van der Waals surface area contributed by atoms with Gasteiger partial charge in [0.15, 0.2) is 0 Å². The molecule has 17 heavy (non-hydrogen) atoms. The Bertz CT molecular complexity index is 285. The monoisotopic (exact) mass is 240 g/mol. The molecule has 0 radical (unpaired) electrons. The van der Waals surface area contributed by atoms with Gasteiger partial charge in [0.25, 0.3) is 0 Å². The lowest BCUT2D eigenvalue weighted by atomic mass is 9.63. The maximum absolute atomic E-state index is 10.2. The van der Waals surface area contributed by atoms with E-state index in [9.17, 15) is 10.1 Å². The van der Waals surface area contributed by atoms with Gasteiger partial charge in [0, 0.05) is 0 Å². The van der Waals surface area contributed by atoms with Crippen molar-refractivity contribution in [3.8, 4) is 0 Å². The fourth-order valence-electron chi connectivity index (χ4n) is 3.18. The van der Waals surface area contributed by atoms with Gasteiger partial charge in [0.05, 0.1) is 11.2 Å². The smallest absolute Gasteiger partial charge is 0.427 e. The lowest BCUT2D eigenvalue weighted by molar-refractivity contribution is -0.102. The van der Waals surface area contributed by atoms with Crippen LogP contribution in [0.3, 0.4) is 0 Å². The maximum Gasteiger partial charge on any atom is 0.458 e. The normalized spacial score (nSPS) is 33.2. The van der Waals surface area contributed by atoms with Crippen LogP contribution in [0.15, 0.2) is 0 Å². The summed E-state index contributed by atoms with van der Waals surface area (Å²) >= 11 is 0. The van der Waals surface area contributed by atoms with Crippen molar-refractivity contribution in [3.05, 3.63) is 0 Å². The van der Waals surface area contributed by atoms with E-state index in [2.05, 4.69) is 0 Å². The second-order valence-electron chi connectivity index (χ2n) is 6.92. The highest BCUT2D eigenvalue weighted by Crippen LogP contribution is 2.53. The zero-order chi connectivity index (χ0) is 12.8. The number of aliphatic hydroxyl groups is 1. The highest BCUT2D eigenvalue weighted by molar-refractivity contribution is 6.45. The fourth-order valence-corrected chi connectivity index (χ4v) is 3.18. The van der Waals surface area contributed by atoms with Gasteiger partial charge in [-0.15, -0.1) is 0 Å². The number of fused-ring (bicyclic) bond motifs is 2. The van der Waals surface area contributed by atoms with Gasteiger partial charge in [-0.2, -0.15) is 0 Å². The average molecular weight is 240 g/mol. The maximum atomic E-state index is 10.2. The molecule has 2 aliphatic carbocycles. The molecule has 0 aromatic carbocycles. The first-order chi connectivity index (χ1) is 7.71. The molecular weight excluding hydrogens is 215 g/mol. The third kappa shape index (κ3) is 2.54. The average Bonchev–Trinajstić information content (AvgIpc) is 2.75. The van der Waals surface area contributed by atoms with E-state index < -0.39 is 18.3 Å². The van der Waals surface area contributed by atoms with Gasteiger partial charge < -0.3 is 14.8 Å². The van der Waals surface area contributed by atoms with Crippen molar-refractivity contribution in [3.63, 3.8) is 0 Å². The van der Waals surface area contributed by atoms with E-state index in [1.165, 1.54) is 19.3 Å². The highest BCUT2D eigenvalue weighted by atomic mass is 16.5. The van der Waals surface area contributed by atoms with E-state index in [-0.39, 0.29) is 5.82 Å². The van der Waals surface area contributed by atoms with E-state index in [1.54, 1.807) is 13.8 Å². The summed E-state index contributed by atoms with van der Waals surface area (Å²) < 4.78 is 5.74. The van der Waals surface area contributed by atoms with Crippen LogP contribution in [0.4, 0.5) is 0 Å². The van der Waals surface area contributed by atoms with Crippen LogP contribution in [0, 0.1) is 11.8 Å². The van der Waals surface area contributed by atoms with Gasteiger partial charge in [-0.3, -0.25) is 0 Å². The summed E-state index contributed by atoms with van der Waals surface area (Å²) in [6, 6.07) is 0. The Balaban J connectivity index is 1.95. The Labute approximate surface area is 105 Å². The van der Waals surface area contributed by atoms with Gasteiger partial charge >= 0.3 is 7.12 Å². The predicted octanol–water partition coefficient (Wildman–Crippen LogP) is 2.22. The molecule has 98 valence electrons. The van der Waals surface area contributed by atoms with E-state index in [1.807, 2.05) is 13.8 Å². The molecule has 0 aromatic rings. The largest absolute Gasteiger partial charge is 0.458 e. The summed E-state index contributed by atoms with van der Waals surface area (Å²) in [6.45, 7) is 7.12. The Morgan fingerprint density at radius 3 is 2.18 bits per heavy atom. The van der Waals surface area contributed by atoms with E-state index in [4.69, 9.17) is 4.65 Å². The van der Waals surface area contributed by atoms with Crippen molar-refractivity contribution < 1.29 is 14.8 Å². The Morgan fingerprint density at radius 1 is 1.12 bits per heavy atom.